The van der Waals surface area contributed by atoms with E-state index in [1.165, 1.54) is 25.0 Å². The van der Waals surface area contributed by atoms with E-state index in [9.17, 15) is 4.39 Å². The molecule has 1 aromatic heterocycles. The van der Waals surface area contributed by atoms with Crippen LogP contribution in [0.3, 0.4) is 0 Å². The Morgan fingerprint density at radius 1 is 1.17 bits per heavy atom. The van der Waals surface area contributed by atoms with Crippen LogP contribution in [0.15, 0.2) is 24.3 Å². The lowest BCUT2D eigenvalue weighted by molar-refractivity contribution is 0.398. The highest BCUT2D eigenvalue weighted by Gasteiger charge is 2.18. The molecule has 0 bridgehead atoms. The largest absolute Gasteiger partial charge is 0.307 e. The number of nitrogens with zero attached hydrogens (tertiary/aromatic N) is 2. The normalized spacial score (nSPS) is 19.9. The summed E-state index contributed by atoms with van der Waals surface area (Å²) >= 11 is 0. The standard InChI is InChI=1S/C13H15FN4/c14-10-6-4-9(5-7-10)12-16-13(18-17-12)11-3-1-2-8-15-11/h4-7,11,15H,1-3,8H2,(H,16,17,18). The van der Waals surface area contributed by atoms with Gasteiger partial charge in [0.1, 0.15) is 11.6 Å². The number of rotatable bonds is 2. The Bertz CT molecular complexity index is 514. The average molecular weight is 246 g/mol. The van der Waals surface area contributed by atoms with E-state index in [0.717, 1.165) is 24.4 Å². The molecular weight excluding hydrogens is 231 g/mol. The van der Waals surface area contributed by atoms with Gasteiger partial charge in [-0.25, -0.2) is 9.37 Å². The van der Waals surface area contributed by atoms with Crippen molar-refractivity contribution >= 4 is 0 Å². The molecule has 2 heterocycles. The van der Waals surface area contributed by atoms with E-state index in [4.69, 9.17) is 0 Å². The van der Waals surface area contributed by atoms with Crippen molar-refractivity contribution in [3.8, 4) is 11.4 Å². The minimum Gasteiger partial charge on any atom is -0.307 e. The van der Waals surface area contributed by atoms with Crippen LogP contribution >= 0.6 is 0 Å². The summed E-state index contributed by atoms with van der Waals surface area (Å²) < 4.78 is 12.8. The summed E-state index contributed by atoms with van der Waals surface area (Å²) in [5.74, 6) is 1.25. The highest BCUT2D eigenvalue weighted by atomic mass is 19.1. The van der Waals surface area contributed by atoms with Crippen LogP contribution in [0.1, 0.15) is 31.1 Å². The van der Waals surface area contributed by atoms with E-state index in [1.54, 1.807) is 12.1 Å². The van der Waals surface area contributed by atoms with Gasteiger partial charge in [-0.05, 0) is 43.7 Å². The maximum absolute atomic E-state index is 12.8. The van der Waals surface area contributed by atoms with Crippen molar-refractivity contribution < 1.29 is 4.39 Å². The molecule has 1 aliphatic heterocycles. The summed E-state index contributed by atoms with van der Waals surface area (Å²) in [6.45, 7) is 1.03. The summed E-state index contributed by atoms with van der Waals surface area (Å²) in [4.78, 5) is 4.48. The first-order valence-corrected chi connectivity index (χ1v) is 6.24. The third-order valence-corrected chi connectivity index (χ3v) is 3.25. The third kappa shape index (κ3) is 2.26. The van der Waals surface area contributed by atoms with Gasteiger partial charge in [0.05, 0.1) is 6.04 Å². The molecular formula is C13H15FN4. The fourth-order valence-corrected chi connectivity index (χ4v) is 2.24. The van der Waals surface area contributed by atoms with E-state index in [0.29, 0.717) is 5.82 Å². The molecule has 0 spiro atoms. The predicted molar refractivity (Wildman–Crippen MR) is 66.4 cm³/mol. The molecule has 2 N–H and O–H groups in total. The van der Waals surface area contributed by atoms with Crippen LogP contribution in [-0.4, -0.2) is 21.7 Å². The maximum Gasteiger partial charge on any atom is 0.181 e. The summed E-state index contributed by atoms with van der Waals surface area (Å²) in [5, 5.41) is 10.6. The van der Waals surface area contributed by atoms with Crippen molar-refractivity contribution in [3.05, 3.63) is 35.9 Å². The molecule has 1 aromatic carbocycles. The molecule has 5 heteroatoms. The number of piperidine rings is 1. The van der Waals surface area contributed by atoms with Crippen LogP contribution in [0.5, 0.6) is 0 Å². The molecule has 4 nitrogen and oxygen atoms in total. The number of aromatic nitrogens is 3. The fourth-order valence-electron chi connectivity index (χ4n) is 2.24. The minimum absolute atomic E-state index is 0.247. The van der Waals surface area contributed by atoms with Crippen molar-refractivity contribution in [1.29, 1.82) is 0 Å². The molecule has 1 saturated heterocycles. The molecule has 1 aliphatic rings. The average Bonchev–Trinajstić information content (AvgIpc) is 2.90. The quantitative estimate of drug-likeness (QED) is 0.855. The third-order valence-electron chi connectivity index (χ3n) is 3.25. The summed E-state index contributed by atoms with van der Waals surface area (Å²) in [6, 6.07) is 6.49. The topological polar surface area (TPSA) is 53.6 Å². The zero-order chi connectivity index (χ0) is 12.4. The fraction of sp³-hybridized carbons (Fsp3) is 0.385. The molecule has 0 amide bonds. The SMILES string of the molecule is Fc1ccc(-c2n[nH]c(C3CCCCN3)n2)cc1. The number of halogens is 1. The second-order valence-corrected chi connectivity index (χ2v) is 4.55. The number of hydrogen-bond donors (Lipinski definition) is 2. The van der Waals surface area contributed by atoms with Gasteiger partial charge in [-0.15, -0.1) is 0 Å². The van der Waals surface area contributed by atoms with Crippen molar-refractivity contribution in [1.82, 2.24) is 20.5 Å². The number of nitrogens with one attached hydrogen (secondary N) is 2. The predicted octanol–water partition coefficient (Wildman–Crippen LogP) is 2.43. The highest BCUT2D eigenvalue weighted by molar-refractivity contribution is 5.54. The van der Waals surface area contributed by atoms with Gasteiger partial charge in [-0.3, -0.25) is 5.10 Å². The van der Waals surface area contributed by atoms with Crippen LogP contribution in [0.4, 0.5) is 4.39 Å². The molecule has 2 aromatic rings. The highest BCUT2D eigenvalue weighted by Crippen LogP contribution is 2.22. The van der Waals surface area contributed by atoms with Gasteiger partial charge in [0, 0.05) is 5.56 Å². The van der Waals surface area contributed by atoms with E-state index in [2.05, 4.69) is 20.5 Å². The van der Waals surface area contributed by atoms with Gasteiger partial charge in [-0.1, -0.05) is 6.42 Å². The zero-order valence-corrected chi connectivity index (χ0v) is 9.99. The smallest absolute Gasteiger partial charge is 0.181 e. The molecule has 1 atom stereocenters. The first-order chi connectivity index (χ1) is 8.83. The lowest BCUT2D eigenvalue weighted by Crippen LogP contribution is -2.27. The maximum atomic E-state index is 12.8. The second-order valence-electron chi connectivity index (χ2n) is 4.55. The molecule has 0 saturated carbocycles. The van der Waals surface area contributed by atoms with E-state index in [-0.39, 0.29) is 11.9 Å². The molecule has 0 radical (unpaired) electrons. The van der Waals surface area contributed by atoms with Crippen molar-refractivity contribution in [3.63, 3.8) is 0 Å². The van der Waals surface area contributed by atoms with Crippen LogP contribution < -0.4 is 5.32 Å². The van der Waals surface area contributed by atoms with Gasteiger partial charge in [0.25, 0.3) is 0 Å². The number of aromatic amines is 1. The molecule has 94 valence electrons. The van der Waals surface area contributed by atoms with Crippen LogP contribution in [-0.2, 0) is 0 Å². The number of H-pyrrole nitrogens is 1. The number of hydrogen-bond acceptors (Lipinski definition) is 3. The lowest BCUT2D eigenvalue weighted by atomic mass is 10.0. The molecule has 1 unspecified atom stereocenters. The van der Waals surface area contributed by atoms with Gasteiger partial charge in [0.15, 0.2) is 5.82 Å². The van der Waals surface area contributed by atoms with E-state index in [1.807, 2.05) is 0 Å². The molecule has 18 heavy (non-hydrogen) atoms. The Hall–Kier alpha value is -1.75. The van der Waals surface area contributed by atoms with Gasteiger partial charge in [0.2, 0.25) is 0 Å². The Balaban J connectivity index is 1.82. The van der Waals surface area contributed by atoms with Gasteiger partial charge < -0.3 is 5.32 Å². The van der Waals surface area contributed by atoms with Crippen LogP contribution in [0.2, 0.25) is 0 Å². The summed E-state index contributed by atoms with van der Waals surface area (Å²) in [5.41, 5.74) is 0.828. The van der Waals surface area contributed by atoms with Crippen LogP contribution in [0.25, 0.3) is 11.4 Å². The summed E-state index contributed by atoms with van der Waals surface area (Å²) in [6.07, 6.45) is 3.51. The first kappa shape index (κ1) is 11.3. The zero-order valence-electron chi connectivity index (χ0n) is 9.99. The van der Waals surface area contributed by atoms with Crippen LogP contribution in [0, 0.1) is 5.82 Å². The van der Waals surface area contributed by atoms with Crippen molar-refractivity contribution in [2.45, 2.75) is 25.3 Å². The Morgan fingerprint density at radius 2 is 2.00 bits per heavy atom. The number of benzene rings is 1. The molecule has 3 rings (SSSR count). The summed E-state index contributed by atoms with van der Waals surface area (Å²) in [7, 11) is 0. The molecule has 0 aliphatic carbocycles. The Morgan fingerprint density at radius 3 is 2.72 bits per heavy atom. The minimum atomic E-state index is -0.247. The monoisotopic (exact) mass is 246 g/mol. The first-order valence-electron chi connectivity index (χ1n) is 6.24. The second kappa shape index (κ2) is 4.86. The lowest BCUT2D eigenvalue weighted by Gasteiger charge is -2.20. The van der Waals surface area contributed by atoms with E-state index < -0.39 is 0 Å². The van der Waals surface area contributed by atoms with E-state index >= 15 is 0 Å². The Labute approximate surface area is 105 Å². The van der Waals surface area contributed by atoms with Gasteiger partial charge >= 0.3 is 0 Å². The Kier molecular flexibility index (Phi) is 3.06. The van der Waals surface area contributed by atoms with Crippen molar-refractivity contribution in [2.24, 2.45) is 0 Å². The van der Waals surface area contributed by atoms with Crippen molar-refractivity contribution in [2.75, 3.05) is 6.54 Å². The van der Waals surface area contributed by atoms with Gasteiger partial charge in [-0.2, -0.15) is 5.10 Å². The molecule has 1 fully saturated rings.